The summed E-state index contributed by atoms with van der Waals surface area (Å²) < 4.78 is 0. The van der Waals surface area contributed by atoms with Crippen molar-refractivity contribution < 1.29 is 39.3 Å². The highest BCUT2D eigenvalue weighted by Crippen LogP contribution is 2.40. The first-order chi connectivity index (χ1) is 11.6. The lowest BCUT2D eigenvalue weighted by atomic mass is 9.86. The zero-order valence-electron chi connectivity index (χ0n) is 12.6. The number of aromatic carboxylic acids is 2. The van der Waals surface area contributed by atoms with Crippen molar-refractivity contribution in [3.63, 3.8) is 0 Å². The minimum Gasteiger partial charge on any atom is -0.480 e. The van der Waals surface area contributed by atoms with Crippen molar-refractivity contribution >= 4 is 35.2 Å². The lowest BCUT2D eigenvalue weighted by Gasteiger charge is -2.22. The molecule has 4 N–H and O–H groups in total. The van der Waals surface area contributed by atoms with Gasteiger partial charge in [0.1, 0.15) is 16.9 Å². The van der Waals surface area contributed by atoms with E-state index in [9.17, 15) is 34.2 Å². The van der Waals surface area contributed by atoms with E-state index < -0.39 is 52.0 Å². The van der Waals surface area contributed by atoms with E-state index in [1.165, 1.54) is 6.92 Å². The summed E-state index contributed by atoms with van der Waals surface area (Å²) in [4.78, 5) is 62.2. The van der Waals surface area contributed by atoms with Crippen LogP contribution in [-0.4, -0.2) is 55.3 Å². The van der Waals surface area contributed by atoms with Gasteiger partial charge in [0.2, 0.25) is 5.78 Å². The minimum atomic E-state index is -1.61. The third-order valence-corrected chi connectivity index (χ3v) is 4.12. The number of fused-ring (bicyclic) bond motifs is 2. The molecular formula is C15H10N2O8. The topological polar surface area (TPSA) is 171 Å². The van der Waals surface area contributed by atoms with Gasteiger partial charge in [-0.25, -0.2) is 19.4 Å². The number of carbonyl (C=O) groups excluding carboxylic acids is 2. The fourth-order valence-electron chi connectivity index (χ4n) is 2.86. The van der Waals surface area contributed by atoms with Crippen molar-refractivity contribution in [1.82, 2.24) is 10.3 Å². The van der Waals surface area contributed by atoms with E-state index in [2.05, 4.69) is 10.3 Å². The number of hydrogen-bond donors (Lipinski definition) is 4. The van der Waals surface area contributed by atoms with E-state index >= 15 is 0 Å². The molecule has 10 nitrogen and oxygen atoms in total. The number of nitrogens with zero attached hydrogens (tertiary/aromatic N) is 1. The Balaban J connectivity index is 2.33. The maximum atomic E-state index is 12.3. The fraction of sp³-hybridized carbons (Fsp3) is 0.200. The predicted molar refractivity (Wildman–Crippen MR) is 78.2 cm³/mol. The Morgan fingerprint density at radius 2 is 1.76 bits per heavy atom. The first-order valence-electron chi connectivity index (χ1n) is 6.92. The summed E-state index contributed by atoms with van der Waals surface area (Å²) in [6.45, 7) is 1.28. The van der Waals surface area contributed by atoms with Crippen molar-refractivity contribution in [3.8, 4) is 0 Å². The molecule has 1 aromatic heterocycles. The molecule has 1 unspecified atom stereocenters. The lowest BCUT2D eigenvalue weighted by molar-refractivity contribution is -0.143. The van der Waals surface area contributed by atoms with E-state index in [0.29, 0.717) is 0 Å². The zero-order valence-corrected chi connectivity index (χ0v) is 12.6. The van der Waals surface area contributed by atoms with Gasteiger partial charge in [-0.3, -0.25) is 9.59 Å². The molecule has 2 aliphatic rings. The average molecular weight is 346 g/mol. The number of carboxylic acid groups (broad SMARTS) is 3. The van der Waals surface area contributed by atoms with E-state index in [0.717, 1.165) is 6.07 Å². The number of aliphatic carboxylic acids is 1. The summed E-state index contributed by atoms with van der Waals surface area (Å²) in [5, 5.41) is 30.3. The van der Waals surface area contributed by atoms with E-state index in [-0.39, 0.29) is 23.3 Å². The Labute approximate surface area is 138 Å². The maximum Gasteiger partial charge on any atom is 0.354 e. The highest BCUT2D eigenvalue weighted by atomic mass is 16.4. The second-order valence-electron chi connectivity index (χ2n) is 5.84. The van der Waals surface area contributed by atoms with Crippen molar-refractivity contribution in [2.24, 2.45) is 0 Å². The highest BCUT2D eigenvalue weighted by molar-refractivity contribution is 6.52. The van der Waals surface area contributed by atoms with Crippen LogP contribution in [0, 0.1) is 0 Å². The molecular weight excluding hydrogens is 336 g/mol. The molecule has 0 saturated carbocycles. The molecule has 0 radical (unpaired) electrons. The molecule has 0 fully saturated rings. The standard InChI is InChI=1S/C15H10N2O8/c1-15(14(24)25)3-5-8(17-15)7-4(12(20)21)2-6(13(22)23)16-9(7)11(19)10(5)18/h2,17H,3H2,1H3,(H,20,21)(H,22,23)(H,24,25). The van der Waals surface area contributed by atoms with Crippen LogP contribution in [0.4, 0.5) is 0 Å². The molecule has 10 heteroatoms. The summed E-state index contributed by atoms with van der Waals surface area (Å²) in [5.74, 6) is -6.61. The summed E-state index contributed by atoms with van der Waals surface area (Å²) in [6.07, 6.45) is -0.318. The van der Waals surface area contributed by atoms with E-state index in [1.54, 1.807) is 0 Å². The van der Waals surface area contributed by atoms with Gasteiger partial charge in [0.05, 0.1) is 11.3 Å². The lowest BCUT2D eigenvalue weighted by Crippen LogP contribution is -2.45. The zero-order chi connectivity index (χ0) is 18.7. The second-order valence-corrected chi connectivity index (χ2v) is 5.84. The normalized spacial score (nSPS) is 21.5. The van der Waals surface area contributed by atoms with Gasteiger partial charge in [-0.15, -0.1) is 0 Å². The van der Waals surface area contributed by atoms with E-state index in [1.807, 2.05) is 0 Å². The monoisotopic (exact) mass is 346 g/mol. The number of hydrogen-bond acceptors (Lipinski definition) is 7. The second kappa shape index (κ2) is 4.97. The Bertz CT molecular complexity index is 945. The Morgan fingerprint density at radius 1 is 1.12 bits per heavy atom. The Kier molecular flexibility index (Phi) is 3.24. The summed E-state index contributed by atoms with van der Waals surface area (Å²) in [7, 11) is 0. The summed E-state index contributed by atoms with van der Waals surface area (Å²) in [6, 6.07) is 0.759. The minimum absolute atomic E-state index is 0.119. The fourth-order valence-corrected chi connectivity index (χ4v) is 2.86. The van der Waals surface area contributed by atoms with Crippen molar-refractivity contribution in [2.75, 3.05) is 0 Å². The number of nitrogens with one attached hydrogen (secondary N) is 1. The van der Waals surface area contributed by atoms with Gasteiger partial charge in [0.25, 0.3) is 5.78 Å². The van der Waals surface area contributed by atoms with Gasteiger partial charge in [0.15, 0.2) is 0 Å². The largest absolute Gasteiger partial charge is 0.480 e. The average Bonchev–Trinajstić information content (AvgIpc) is 2.90. The van der Waals surface area contributed by atoms with Gasteiger partial charge < -0.3 is 20.6 Å². The van der Waals surface area contributed by atoms with Gasteiger partial charge in [-0.2, -0.15) is 0 Å². The SMILES string of the molecule is CC1(C(=O)O)CC2=C(N1)c1c(C(=O)O)cc(C(=O)O)nc1C(=O)C2=O. The molecule has 128 valence electrons. The maximum absolute atomic E-state index is 12.3. The molecule has 1 atom stereocenters. The van der Waals surface area contributed by atoms with Crippen LogP contribution in [0.2, 0.25) is 0 Å². The summed E-state index contributed by atoms with van der Waals surface area (Å²) >= 11 is 0. The van der Waals surface area contributed by atoms with Crippen LogP contribution in [0.3, 0.4) is 0 Å². The molecule has 0 aromatic carbocycles. The number of aromatic nitrogens is 1. The third kappa shape index (κ3) is 2.18. The first kappa shape index (κ1) is 16.3. The van der Waals surface area contributed by atoms with Crippen LogP contribution < -0.4 is 5.32 Å². The van der Waals surface area contributed by atoms with E-state index in [4.69, 9.17) is 5.11 Å². The number of ketones is 2. The molecule has 1 aliphatic heterocycles. The van der Waals surface area contributed by atoms with Gasteiger partial charge >= 0.3 is 17.9 Å². The van der Waals surface area contributed by atoms with Crippen LogP contribution >= 0.6 is 0 Å². The van der Waals surface area contributed by atoms with Gasteiger partial charge in [-0.05, 0) is 13.0 Å². The van der Waals surface area contributed by atoms with Gasteiger partial charge in [0, 0.05) is 17.6 Å². The number of Topliss-reactive ketones (excluding diaryl/α,β-unsaturated/α-hetero) is 2. The number of pyridine rings is 1. The highest BCUT2D eigenvalue weighted by Gasteiger charge is 2.49. The van der Waals surface area contributed by atoms with Crippen LogP contribution in [0.15, 0.2) is 11.6 Å². The third-order valence-electron chi connectivity index (χ3n) is 4.12. The molecule has 1 aliphatic carbocycles. The van der Waals surface area contributed by atoms with Crippen molar-refractivity contribution in [2.45, 2.75) is 18.9 Å². The molecule has 3 rings (SSSR count). The molecule has 0 amide bonds. The number of rotatable bonds is 3. The van der Waals surface area contributed by atoms with Gasteiger partial charge in [-0.1, -0.05) is 0 Å². The molecule has 25 heavy (non-hydrogen) atoms. The number of carboxylic acids is 3. The van der Waals surface area contributed by atoms with Crippen molar-refractivity contribution in [1.29, 1.82) is 0 Å². The van der Waals surface area contributed by atoms with Crippen LogP contribution in [0.5, 0.6) is 0 Å². The van der Waals surface area contributed by atoms with Crippen LogP contribution in [0.1, 0.15) is 50.2 Å². The molecule has 0 spiro atoms. The quantitative estimate of drug-likeness (QED) is 0.537. The smallest absolute Gasteiger partial charge is 0.354 e. The van der Waals surface area contributed by atoms with Crippen molar-refractivity contribution in [3.05, 3.63) is 34.2 Å². The molecule has 1 aromatic rings. The molecule has 2 heterocycles. The predicted octanol–water partition coefficient (Wildman–Crippen LogP) is -0.209. The Morgan fingerprint density at radius 3 is 2.28 bits per heavy atom. The Hall–Kier alpha value is -3.56. The first-order valence-corrected chi connectivity index (χ1v) is 6.92. The van der Waals surface area contributed by atoms with Crippen LogP contribution in [-0.2, 0) is 9.59 Å². The molecule has 0 saturated heterocycles. The number of carbonyl (C=O) groups is 5. The van der Waals surface area contributed by atoms with Crippen LogP contribution in [0.25, 0.3) is 5.70 Å². The molecule has 0 bridgehead atoms. The summed E-state index contributed by atoms with van der Waals surface area (Å²) in [5.41, 5.74) is -4.05.